The Morgan fingerprint density at radius 3 is 2.80 bits per heavy atom. The summed E-state index contributed by atoms with van der Waals surface area (Å²) < 4.78 is 5.44. The van der Waals surface area contributed by atoms with Crippen LogP contribution in [-0.4, -0.2) is 11.5 Å². The maximum atomic E-state index is 5.44. The lowest BCUT2D eigenvalue weighted by Gasteiger charge is -2.17. The van der Waals surface area contributed by atoms with Gasteiger partial charge >= 0.3 is 0 Å². The molecule has 3 heteroatoms. The number of benzene rings is 1. The Bertz CT molecular complexity index is 718. The first-order chi connectivity index (χ1) is 9.78. The van der Waals surface area contributed by atoms with Gasteiger partial charge < -0.3 is 9.73 Å². The second kappa shape index (κ2) is 5.47. The minimum atomic E-state index is 0.120. The molecule has 3 aromatic rings. The molecular formula is C17H18N2O. The summed E-state index contributed by atoms with van der Waals surface area (Å²) in [6, 6.07) is 12.6. The van der Waals surface area contributed by atoms with Gasteiger partial charge in [-0.2, -0.15) is 0 Å². The van der Waals surface area contributed by atoms with Crippen molar-refractivity contribution < 1.29 is 4.42 Å². The summed E-state index contributed by atoms with van der Waals surface area (Å²) in [5, 5.41) is 4.65. The van der Waals surface area contributed by atoms with Gasteiger partial charge in [-0.25, -0.2) is 0 Å². The van der Waals surface area contributed by atoms with Crippen LogP contribution in [0.5, 0.6) is 0 Å². The molecule has 2 heterocycles. The monoisotopic (exact) mass is 266 g/mol. The number of pyridine rings is 1. The number of nitrogens with one attached hydrogen (secondary N) is 1. The summed E-state index contributed by atoms with van der Waals surface area (Å²) in [6.45, 7) is 4.96. The maximum Gasteiger partial charge on any atom is 0.101 e. The maximum absolute atomic E-state index is 5.44. The van der Waals surface area contributed by atoms with Crippen molar-refractivity contribution in [3.63, 3.8) is 0 Å². The Morgan fingerprint density at radius 2 is 2.05 bits per heavy atom. The normalized spacial score (nSPS) is 12.7. The molecule has 2 aromatic heterocycles. The summed E-state index contributed by atoms with van der Waals surface area (Å²) in [6.07, 6.45) is 3.76. The van der Waals surface area contributed by atoms with Crippen LogP contribution in [0.4, 0.5) is 0 Å². The highest BCUT2D eigenvalue weighted by molar-refractivity contribution is 5.78. The van der Waals surface area contributed by atoms with Gasteiger partial charge in [0.1, 0.15) is 5.76 Å². The first-order valence-electron chi connectivity index (χ1n) is 6.91. The molecule has 0 aliphatic carbocycles. The molecule has 0 saturated heterocycles. The molecule has 3 rings (SSSR count). The number of aryl methyl sites for hydroxylation is 1. The first kappa shape index (κ1) is 12.9. The molecule has 1 N–H and O–H groups in total. The van der Waals surface area contributed by atoms with E-state index in [1.165, 1.54) is 0 Å². The van der Waals surface area contributed by atoms with E-state index in [9.17, 15) is 0 Å². The number of nitrogens with zero attached hydrogens (tertiary/aromatic N) is 1. The number of rotatable bonds is 4. The van der Waals surface area contributed by atoms with Crippen LogP contribution in [0.2, 0.25) is 0 Å². The van der Waals surface area contributed by atoms with Gasteiger partial charge in [0, 0.05) is 17.1 Å². The largest absolute Gasteiger partial charge is 0.469 e. The Hall–Kier alpha value is -2.13. The van der Waals surface area contributed by atoms with E-state index in [0.717, 1.165) is 34.3 Å². The molecule has 1 atom stereocenters. The molecule has 0 aliphatic rings. The molecule has 0 fully saturated rings. The number of para-hydroxylation sites is 1. The zero-order chi connectivity index (χ0) is 13.9. The Kier molecular flexibility index (Phi) is 3.52. The molecule has 0 aliphatic heterocycles. The van der Waals surface area contributed by atoms with Crippen molar-refractivity contribution in [1.82, 2.24) is 10.3 Å². The van der Waals surface area contributed by atoms with E-state index in [-0.39, 0.29) is 6.04 Å². The predicted molar refractivity (Wildman–Crippen MR) is 80.7 cm³/mol. The molecule has 3 nitrogen and oxygen atoms in total. The van der Waals surface area contributed by atoms with Crippen molar-refractivity contribution in [2.24, 2.45) is 0 Å². The van der Waals surface area contributed by atoms with Crippen LogP contribution in [0, 0.1) is 6.92 Å². The molecule has 0 saturated carbocycles. The third kappa shape index (κ3) is 2.45. The Labute approximate surface area is 118 Å². The number of aromatic nitrogens is 1. The van der Waals surface area contributed by atoms with Gasteiger partial charge in [-0.1, -0.05) is 25.1 Å². The second-order valence-corrected chi connectivity index (χ2v) is 4.94. The van der Waals surface area contributed by atoms with E-state index in [2.05, 4.69) is 35.4 Å². The van der Waals surface area contributed by atoms with Crippen molar-refractivity contribution in [3.05, 3.63) is 65.7 Å². The van der Waals surface area contributed by atoms with Crippen LogP contribution in [0.1, 0.15) is 29.9 Å². The summed E-state index contributed by atoms with van der Waals surface area (Å²) in [4.78, 5) is 4.55. The van der Waals surface area contributed by atoms with Crippen LogP contribution < -0.4 is 5.32 Å². The number of fused-ring (bicyclic) bond motifs is 1. The molecule has 0 amide bonds. The zero-order valence-electron chi connectivity index (χ0n) is 11.8. The minimum absolute atomic E-state index is 0.120. The highest BCUT2D eigenvalue weighted by Crippen LogP contribution is 2.25. The fourth-order valence-electron chi connectivity index (χ4n) is 2.49. The quantitative estimate of drug-likeness (QED) is 0.779. The van der Waals surface area contributed by atoms with Crippen molar-refractivity contribution in [1.29, 1.82) is 0 Å². The van der Waals surface area contributed by atoms with Gasteiger partial charge in [0.2, 0.25) is 0 Å². The molecule has 1 unspecified atom stereocenters. The summed E-state index contributed by atoms with van der Waals surface area (Å²) in [5.41, 5.74) is 3.32. The Morgan fingerprint density at radius 1 is 1.20 bits per heavy atom. The third-order valence-electron chi connectivity index (χ3n) is 3.44. The smallest absolute Gasteiger partial charge is 0.101 e. The zero-order valence-corrected chi connectivity index (χ0v) is 11.8. The fraction of sp³-hybridized carbons (Fsp3) is 0.235. The number of hydrogen-bond acceptors (Lipinski definition) is 3. The molecular weight excluding hydrogens is 248 g/mol. The Balaban J connectivity index is 2.04. The second-order valence-electron chi connectivity index (χ2n) is 4.94. The number of furan rings is 1. The lowest BCUT2D eigenvalue weighted by molar-refractivity contribution is 0.525. The van der Waals surface area contributed by atoms with Crippen LogP contribution in [0.3, 0.4) is 0 Å². The average Bonchev–Trinajstić information content (AvgIpc) is 2.90. The van der Waals surface area contributed by atoms with Gasteiger partial charge in [0.25, 0.3) is 0 Å². The predicted octanol–water partition coefficient (Wildman–Crippen LogP) is 3.84. The van der Waals surface area contributed by atoms with Gasteiger partial charge in [-0.3, -0.25) is 4.98 Å². The number of hydrogen-bond donors (Lipinski definition) is 1. The van der Waals surface area contributed by atoms with Gasteiger partial charge in [0.15, 0.2) is 0 Å². The van der Waals surface area contributed by atoms with E-state index in [4.69, 9.17) is 4.42 Å². The lowest BCUT2D eigenvalue weighted by atomic mass is 10.0. The molecule has 1 aromatic carbocycles. The SMILES string of the molecule is CCNC(c1coc(C)c1)c1cnc2ccccc2c1. The summed E-state index contributed by atoms with van der Waals surface area (Å²) in [7, 11) is 0. The molecule has 20 heavy (non-hydrogen) atoms. The molecule has 0 radical (unpaired) electrons. The van der Waals surface area contributed by atoms with Gasteiger partial charge in [-0.15, -0.1) is 0 Å². The van der Waals surface area contributed by atoms with E-state index in [1.54, 1.807) is 0 Å². The highest BCUT2D eigenvalue weighted by Gasteiger charge is 2.15. The van der Waals surface area contributed by atoms with Crippen LogP contribution in [0.15, 0.2) is 53.3 Å². The average molecular weight is 266 g/mol. The standard InChI is InChI=1S/C17H18N2O/c1-3-18-17(15-8-12(2)20-11-15)14-9-13-6-4-5-7-16(13)19-10-14/h4-11,17-18H,3H2,1-2H3. The van der Waals surface area contributed by atoms with E-state index in [1.807, 2.05) is 37.6 Å². The van der Waals surface area contributed by atoms with E-state index < -0.39 is 0 Å². The van der Waals surface area contributed by atoms with E-state index >= 15 is 0 Å². The van der Waals surface area contributed by atoms with Crippen LogP contribution >= 0.6 is 0 Å². The van der Waals surface area contributed by atoms with Crippen molar-refractivity contribution in [2.75, 3.05) is 6.54 Å². The van der Waals surface area contributed by atoms with Crippen LogP contribution in [-0.2, 0) is 0 Å². The van der Waals surface area contributed by atoms with Crippen LogP contribution in [0.25, 0.3) is 10.9 Å². The summed E-state index contributed by atoms with van der Waals surface area (Å²) >= 11 is 0. The fourth-order valence-corrected chi connectivity index (χ4v) is 2.49. The summed E-state index contributed by atoms with van der Waals surface area (Å²) in [5.74, 6) is 0.927. The third-order valence-corrected chi connectivity index (χ3v) is 3.44. The van der Waals surface area contributed by atoms with Crippen molar-refractivity contribution in [2.45, 2.75) is 19.9 Å². The molecule has 0 spiro atoms. The topological polar surface area (TPSA) is 38.1 Å². The van der Waals surface area contributed by atoms with Gasteiger partial charge in [0.05, 0.1) is 17.8 Å². The van der Waals surface area contributed by atoms with Gasteiger partial charge in [-0.05, 0) is 37.2 Å². The lowest BCUT2D eigenvalue weighted by Crippen LogP contribution is -2.21. The first-order valence-corrected chi connectivity index (χ1v) is 6.91. The minimum Gasteiger partial charge on any atom is -0.469 e. The molecule has 0 bridgehead atoms. The van der Waals surface area contributed by atoms with E-state index in [0.29, 0.717) is 0 Å². The molecule has 102 valence electrons. The van der Waals surface area contributed by atoms with Crippen molar-refractivity contribution >= 4 is 10.9 Å². The highest BCUT2D eigenvalue weighted by atomic mass is 16.3. The van der Waals surface area contributed by atoms with Crippen molar-refractivity contribution in [3.8, 4) is 0 Å².